The number of ether oxygens (including phenoxy) is 5. The summed E-state index contributed by atoms with van der Waals surface area (Å²) < 4.78 is 27.7. The zero-order valence-corrected chi connectivity index (χ0v) is 25.4. The second-order valence-electron chi connectivity index (χ2n) is 11.4. The normalized spacial score (nSPS) is 31.4. The van der Waals surface area contributed by atoms with Gasteiger partial charge >= 0.3 is 6.09 Å². The van der Waals surface area contributed by atoms with Gasteiger partial charge in [0.25, 0.3) is 0 Å². The predicted octanol–water partition coefficient (Wildman–Crippen LogP) is -0.364. The van der Waals surface area contributed by atoms with Gasteiger partial charge in [-0.15, -0.1) is 0 Å². The fraction of sp³-hybridized carbons (Fsp3) is 0.594. The van der Waals surface area contributed by atoms with Crippen LogP contribution < -0.4 is 0 Å². The van der Waals surface area contributed by atoms with Crippen molar-refractivity contribution in [3.8, 4) is 0 Å². The summed E-state index contributed by atoms with van der Waals surface area (Å²) in [7, 11) is 0. The van der Waals surface area contributed by atoms with Gasteiger partial charge in [-0.3, -0.25) is 0 Å². The van der Waals surface area contributed by atoms with Gasteiger partial charge in [0.1, 0.15) is 55.4 Å². The molecule has 0 aliphatic carbocycles. The van der Waals surface area contributed by atoms with Crippen LogP contribution in [0, 0.1) is 0 Å². The molecule has 0 spiro atoms. The third-order valence-corrected chi connectivity index (χ3v) is 7.99. The standard InChI is InChI=1S/C32H45NO13/c34-17-22-24(36)25(37)27(39)31(44-22)46-29-23(18-35)45-30(28(40)26(29)38)42-15-9-3-8-14-33(16-20-10-4-1-5-11-20)32(41)43-19-21-12-6-2-7-13-21/h1-2,4-7,10-13,22-31,34-40H,3,8-9,14-19H2/t22-,23-,24+,25+,26-,27-,28-,29-,30-,31+/m1/s1. The Labute approximate surface area is 267 Å². The summed E-state index contributed by atoms with van der Waals surface area (Å²) >= 11 is 0. The lowest BCUT2D eigenvalue weighted by Crippen LogP contribution is -2.64. The molecule has 46 heavy (non-hydrogen) atoms. The fourth-order valence-electron chi connectivity index (χ4n) is 5.32. The van der Waals surface area contributed by atoms with Gasteiger partial charge < -0.3 is 64.3 Å². The highest BCUT2D eigenvalue weighted by Crippen LogP contribution is 2.29. The number of aliphatic hydroxyl groups is 7. The summed E-state index contributed by atoms with van der Waals surface area (Å²) in [6, 6.07) is 19.0. The van der Waals surface area contributed by atoms with Crippen molar-refractivity contribution in [3.05, 3.63) is 71.8 Å². The van der Waals surface area contributed by atoms with Crippen LogP contribution in [0.5, 0.6) is 0 Å². The molecule has 2 aliphatic rings. The van der Waals surface area contributed by atoms with Crippen molar-refractivity contribution in [1.29, 1.82) is 0 Å². The SMILES string of the molecule is O=C(OCc1ccccc1)N(CCCCCO[C@@H]1O[C@H](CO)[C@@H](O[C@@H]2O[C@H](CO)[C@H](O)[C@H](O)[C@H]2O)[C@H](O)[C@H]1O)Cc1ccccc1. The summed E-state index contributed by atoms with van der Waals surface area (Å²) in [6.07, 6.45) is -13.6. The Morgan fingerprint density at radius 1 is 0.696 bits per heavy atom. The maximum Gasteiger partial charge on any atom is 0.410 e. The molecule has 2 heterocycles. The zero-order chi connectivity index (χ0) is 33.1. The Hall–Kier alpha value is -2.73. The highest BCUT2D eigenvalue weighted by molar-refractivity contribution is 5.67. The van der Waals surface area contributed by atoms with Crippen LogP contribution in [0.2, 0.25) is 0 Å². The monoisotopic (exact) mass is 651 g/mol. The molecule has 0 bridgehead atoms. The van der Waals surface area contributed by atoms with Gasteiger partial charge in [-0.2, -0.15) is 0 Å². The van der Waals surface area contributed by atoms with Crippen molar-refractivity contribution in [2.24, 2.45) is 0 Å². The summed E-state index contributed by atoms with van der Waals surface area (Å²) in [5, 5.41) is 71.0. The third-order valence-electron chi connectivity index (χ3n) is 7.99. The minimum absolute atomic E-state index is 0.141. The van der Waals surface area contributed by atoms with E-state index in [9.17, 15) is 40.5 Å². The largest absolute Gasteiger partial charge is 0.445 e. The van der Waals surface area contributed by atoms with Gasteiger partial charge in [-0.1, -0.05) is 60.7 Å². The van der Waals surface area contributed by atoms with Crippen molar-refractivity contribution in [2.75, 3.05) is 26.4 Å². The average Bonchev–Trinajstić information content (AvgIpc) is 3.08. The van der Waals surface area contributed by atoms with Crippen LogP contribution in [0.3, 0.4) is 0 Å². The molecule has 14 nitrogen and oxygen atoms in total. The number of hydrogen-bond donors (Lipinski definition) is 7. The van der Waals surface area contributed by atoms with Gasteiger partial charge in [0.15, 0.2) is 12.6 Å². The summed E-state index contributed by atoms with van der Waals surface area (Å²) in [4.78, 5) is 14.6. The lowest BCUT2D eigenvalue weighted by Gasteiger charge is -2.45. The van der Waals surface area contributed by atoms with Crippen LogP contribution in [0.25, 0.3) is 0 Å². The molecular weight excluding hydrogens is 606 g/mol. The summed E-state index contributed by atoms with van der Waals surface area (Å²) in [5.41, 5.74) is 1.86. The van der Waals surface area contributed by atoms with Gasteiger partial charge in [-0.05, 0) is 30.4 Å². The molecule has 14 heteroatoms. The van der Waals surface area contributed by atoms with E-state index in [1.54, 1.807) is 4.90 Å². The lowest BCUT2D eigenvalue weighted by molar-refractivity contribution is -0.359. The average molecular weight is 652 g/mol. The number of rotatable bonds is 15. The first-order valence-corrected chi connectivity index (χ1v) is 15.4. The number of aliphatic hydroxyl groups excluding tert-OH is 7. The van der Waals surface area contributed by atoms with Crippen molar-refractivity contribution in [1.82, 2.24) is 4.90 Å². The Kier molecular flexibility index (Phi) is 14.1. The number of hydrogen-bond acceptors (Lipinski definition) is 13. The molecule has 2 aromatic carbocycles. The molecule has 2 fully saturated rings. The maximum atomic E-state index is 12.9. The molecule has 2 saturated heterocycles. The minimum Gasteiger partial charge on any atom is -0.445 e. The number of carbonyl (C=O) groups is 1. The molecule has 10 atom stereocenters. The first-order valence-electron chi connectivity index (χ1n) is 15.4. The van der Waals surface area contributed by atoms with E-state index in [1.807, 2.05) is 60.7 Å². The van der Waals surface area contributed by atoms with Crippen LogP contribution >= 0.6 is 0 Å². The fourth-order valence-corrected chi connectivity index (χ4v) is 5.32. The molecule has 0 aromatic heterocycles. The van der Waals surface area contributed by atoms with E-state index >= 15 is 0 Å². The first-order chi connectivity index (χ1) is 22.2. The molecule has 2 aromatic rings. The molecule has 256 valence electrons. The van der Waals surface area contributed by atoms with E-state index in [2.05, 4.69) is 0 Å². The van der Waals surface area contributed by atoms with Crippen LogP contribution in [-0.2, 0) is 36.8 Å². The van der Waals surface area contributed by atoms with Crippen molar-refractivity contribution >= 4 is 6.09 Å². The van der Waals surface area contributed by atoms with Gasteiger partial charge in [0, 0.05) is 19.7 Å². The number of carbonyl (C=O) groups excluding carboxylic acids is 1. The van der Waals surface area contributed by atoms with E-state index in [4.69, 9.17) is 23.7 Å². The highest BCUT2D eigenvalue weighted by Gasteiger charge is 2.50. The van der Waals surface area contributed by atoms with E-state index in [0.29, 0.717) is 32.4 Å². The quantitative estimate of drug-likeness (QED) is 0.123. The smallest absolute Gasteiger partial charge is 0.410 e. The van der Waals surface area contributed by atoms with Crippen molar-refractivity contribution in [3.63, 3.8) is 0 Å². The van der Waals surface area contributed by atoms with Crippen molar-refractivity contribution < 1.29 is 64.2 Å². The Bertz CT molecular complexity index is 1160. The second-order valence-corrected chi connectivity index (χ2v) is 11.4. The number of amides is 1. The predicted molar refractivity (Wildman–Crippen MR) is 160 cm³/mol. The third kappa shape index (κ3) is 9.65. The molecule has 7 N–H and O–H groups in total. The van der Waals surface area contributed by atoms with Gasteiger partial charge in [-0.25, -0.2) is 4.79 Å². The van der Waals surface area contributed by atoms with Crippen LogP contribution in [-0.4, -0.2) is 135 Å². The number of unbranched alkanes of at least 4 members (excludes halogenated alkanes) is 2. The van der Waals surface area contributed by atoms with Crippen LogP contribution in [0.1, 0.15) is 30.4 Å². The molecular formula is C32H45NO13. The molecule has 2 aliphatic heterocycles. The molecule has 0 unspecified atom stereocenters. The van der Waals surface area contributed by atoms with E-state index in [1.165, 1.54) is 0 Å². The molecule has 1 amide bonds. The number of nitrogens with zero attached hydrogens (tertiary/aromatic N) is 1. The topological polar surface area (TPSA) is 208 Å². The Morgan fingerprint density at radius 3 is 1.96 bits per heavy atom. The molecule has 0 radical (unpaired) electrons. The maximum absolute atomic E-state index is 12.9. The van der Waals surface area contributed by atoms with Gasteiger partial charge in [0.05, 0.1) is 13.2 Å². The molecule has 4 rings (SSSR count). The second kappa shape index (κ2) is 18.0. The van der Waals surface area contributed by atoms with Crippen molar-refractivity contribution in [2.45, 2.75) is 93.8 Å². The summed E-state index contributed by atoms with van der Waals surface area (Å²) in [5.74, 6) is 0. The number of benzene rings is 2. The first kappa shape index (κ1) is 36.1. The minimum atomic E-state index is -1.75. The molecule has 0 saturated carbocycles. The Morgan fingerprint density at radius 2 is 1.30 bits per heavy atom. The van der Waals surface area contributed by atoms with Crippen LogP contribution in [0.4, 0.5) is 4.79 Å². The lowest BCUT2D eigenvalue weighted by atomic mass is 9.97. The highest BCUT2D eigenvalue weighted by atomic mass is 16.7. The summed E-state index contributed by atoms with van der Waals surface area (Å²) in [6.45, 7) is -0.198. The Balaban J connectivity index is 1.23. The zero-order valence-electron chi connectivity index (χ0n) is 25.4. The van der Waals surface area contributed by atoms with Gasteiger partial charge in [0.2, 0.25) is 0 Å². The van der Waals surface area contributed by atoms with Crippen LogP contribution in [0.15, 0.2) is 60.7 Å². The van der Waals surface area contributed by atoms with E-state index in [0.717, 1.165) is 11.1 Å². The van der Waals surface area contributed by atoms with E-state index in [-0.39, 0.29) is 13.2 Å². The van der Waals surface area contributed by atoms with E-state index < -0.39 is 80.7 Å².